The highest BCUT2D eigenvalue weighted by Gasteiger charge is 2.45. The van der Waals surface area contributed by atoms with E-state index in [1.165, 1.54) is 24.3 Å². The molecule has 2 heterocycles. The number of hydrogen-bond donors (Lipinski definition) is 5. The molecule has 23 heteroatoms. The van der Waals surface area contributed by atoms with Crippen LogP contribution < -0.4 is 15.1 Å². The Bertz CT molecular complexity index is 3270. The molecule has 0 saturated heterocycles. The summed E-state index contributed by atoms with van der Waals surface area (Å²) in [7, 11) is -19.7. The number of carbonyl (C=O) groups excluding carboxylic acids is 1. The molecule has 4 aromatic rings. The molecular weight excluding hydrogens is 949 g/mol. The normalized spacial score (nSPS) is 17.7. The van der Waals surface area contributed by atoms with Gasteiger partial charge in [-0.1, -0.05) is 75.7 Å². The van der Waals surface area contributed by atoms with Crippen molar-refractivity contribution in [1.82, 2.24) is 5.32 Å². The van der Waals surface area contributed by atoms with Crippen molar-refractivity contribution < 1.29 is 56.7 Å². The van der Waals surface area contributed by atoms with Gasteiger partial charge in [0.25, 0.3) is 40.5 Å². The maximum atomic E-state index is 12.6. The number of nitrogens with one attached hydrogen (secondary N) is 1. The average Bonchev–Trinajstić information content (AvgIpc) is 3.59. The van der Waals surface area contributed by atoms with Gasteiger partial charge in [0.1, 0.15) is 9.79 Å². The van der Waals surface area contributed by atoms with Gasteiger partial charge < -0.3 is 15.1 Å². The first-order valence-electron chi connectivity index (χ1n) is 21.2. The monoisotopic (exact) mass is 1000 g/mol. The van der Waals surface area contributed by atoms with Crippen LogP contribution >= 0.6 is 0 Å². The molecule has 4 aromatic carbocycles. The number of hydrogen-bond acceptors (Lipinski definition) is 12. The fraction of sp³-hybridized carbons (Fsp3) is 0.386. The van der Waals surface area contributed by atoms with Crippen molar-refractivity contribution in [3.8, 4) is 0 Å². The number of benzene rings is 4. The van der Waals surface area contributed by atoms with E-state index in [4.69, 9.17) is 5.53 Å². The van der Waals surface area contributed by atoms with E-state index < -0.39 is 76.9 Å². The van der Waals surface area contributed by atoms with Crippen LogP contribution in [0.5, 0.6) is 0 Å². The molecule has 1 atom stereocenters. The predicted octanol–water partition coefficient (Wildman–Crippen LogP) is 7.64. The van der Waals surface area contributed by atoms with Crippen molar-refractivity contribution in [1.29, 1.82) is 0 Å². The van der Waals surface area contributed by atoms with E-state index in [1.54, 1.807) is 24.3 Å². The van der Waals surface area contributed by atoms with Crippen molar-refractivity contribution in [3.05, 3.63) is 106 Å². The highest BCUT2D eigenvalue weighted by atomic mass is 32.2. The fourth-order valence-corrected chi connectivity index (χ4v) is 12.1. The number of likely N-dealkylation sites (N-methyl/N-ethyl adjacent to an activating group) is 1. The van der Waals surface area contributed by atoms with Crippen LogP contribution in [0.25, 0.3) is 32.0 Å². The summed E-state index contributed by atoms with van der Waals surface area (Å²) in [4.78, 5) is 16.4. The van der Waals surface area contributed by atoms with Gasteiger partial charge in [0.15, 0.2) is 0 Å². The van der Waals surface area contributed by atoms with Crippen molar-refractivity contribution in [2.24, 2.45) is 5.11 Å². The minimum atomic E-state index is -4.96. The molecular formula is C44H52N6O13S4. The van der Waals surface area contributed by atoms with Crippen LogP contribution in [-0.4, -0.2) is 90.0 Å². The van der Waals surface area contributed by atoms with Crippen molar-refractivity contribution in [2.45, 2.75) is 103 Å². The van der Waals surface area contributed by atoms with E-state index in [1.807, 2.05) is 57.7 Å². The molecule has 19 nitrogen and oxygen atoms in total. The quantitative estimate of drug-likeness (QED) is 0.0160. The third-order valence-electron chi connectivity index (χ3n) is 12.3. The number of fused-ring (bicyclic) bond motifs is 6. The van der Waals surface area contributed by atoms with Crippen molar-refractivity contribution >= 4 is 79.3 Å². The second kappa shape index (κ2) is 19.0. The van der Waals surface area contributed by atoms with Gasteiger partial charge in [-0.2, -0.15) is 33.7 Å². The number of amides is 1. The molecule has 360 valence electrons. The SMILES string of the molecule is CCN1/C(=C/C=C/C=C/C2N(CCCCCC(=O)NCCCN=[N+]=[N-])c3ccc4c(S(=O)(=O)O)cc(S(=O)(=O)O)cc4c3C2(C)C)C(C)(C)c2c1ccc1c(S(=O)(=O)O)cc(S(=O)(=O)O)cc21. The van der Waals surface area contributed by atoms with Crippen molar-refractivity contribution in [2.75, 3.05) is 36.0 Å². The van der Waals surface area contributed by atoms with E-state index in [-0.39, 0.29) is 40.4 Å². The summed E-state index contributed by atoms with van der Waals surface area (Å²) in [5, 5.41) is 6.79. The lowest BCUT2D eigenvalue weighted by molar-refractivity contribution is -0.121. The summed E-state index contributed by atoms with van der Waals surface area (Å²) in [6.07, 6.45) is 11.9. The second-order valence-corrected chi connectivity index (χ2v) is 23.0. The third kappa shape index (κ3) is 10.4. The topological polar surface area (TPSA) is 302 Å². The van der Waals surface area contributed by atoms with Crippen LogP contribution in [0, 0.1) is 0 Å². The molecule has 2 aliphatic heterocycles. The van der Waals surface area contributed by atoms with E-state index in [0.29, 0.717) is 80.0 Å². The summed E-state index contributed by atoms with van der Waals surface area (Å²) in [5.41, 5.74) is 9.96. The maximum Gasteiger partial charge on any atom is 0.295 e. The zero-order valence-electron chi connectivity index (χ0n) is 37.3. The zero-order chi connectivity index (χ0) is 49.5. The first-order chi connectivity index (χ1) is 31.1. The van der Waals surface area contributed by atoms with Gasteiger partial charge in [-0.15, -0.1) is 0 Å². The lowest BCUT2D eigenvalue weighted by atomic mass is 9.78. The molecule has 1 unspecified atom stereocenters. The van der Waals surface area contributed by atoms with Crippen LogP contribution in [0.3, 0.4) is 0 Å². The molecule has 1 amide bonds. The lowest BCUT2D eigenvalue weighted by Gasteiger charge is -2.32. The van der Waals surface area contributed by atoms with Gasteiger partial charge in [0.2, 0.25) is 5.91 Å². The highest BCUT2D eigenvalue weighted by Crippen LogP contribution is 2.52. The molecule has 0 bridgehead atoms. The highest BCUT2D eigenvalue weighted by molar-refractivity contribution is 7.87. The summed E-state index contributed by atoms with van der Waals surface area (Å²) in [6, 6.07) is 9.75. The van der Waals surface area contributed by atoms with Gasteiger partial charge in [-0.05, 0) is 96.1 Å². The fourth-order valence-electron chi connectivity index (χ4n) is 9.41. The van der Waals surface area contributed by atoms with E-state index in [0.717, 1.165) is 5.70 Å². The largest absolute Gasteiger partial charge is 0.364 e. The molecule has 5 N–H and O–H groups in total. The van der Waals surface area contributed by atoms with Gasteiger partial charge >= 0.3 is 0 Å². The summed E-state index contributed by atoms with van der Waals surface area (Å²) >= 11 is 0. The molecule has 0 radical (unpaired) electrons. The van der Waals surface area contributed by atoms with Crippen LogP contribution in [0.4, 0.5) is 11.4 Å². The van der Waals surface area contributed by atoms with Gasteiger partial charge in [0, 0.05) is 76.2 Å². The Labute approximate surface area is 389 Å². The Morgan fingerprint density at radius 3 is 1.84 bits per heavy atom. The van der Waals surface area contributed by atoms with E-state index >= 15 is 0 Å². The number of allylic oxidation sites excluding steroid dienone is 5. The third-order valence-corrected chi connectivity index (χ3v) is 15.8. The van der Waals surface area contributed by atoms with Gasteiger partial charge in [0.05, 0.1) is 15.8 Å². The number of unbranched alkanes of at least 4 members (excludes halogenated alkanes) is 2. The van der Waals surface area contributed by atoms with Gasteiger partial charge in [-0.3, -0.25) is 23.0 Å². The summed E-state index contributed by atoms with van der Waals surface area (Å²) in [5.74, 6) is -0.134. The molecule has 2 aliphatic rings. The Morgan fingerprint density at radius 2 is 1.30 bits per heavy atom. The number of azide groups is 1. The molecule has 67 heavy (non-hydrogen) atoms. The standard InChI is InChI=1S/C44H52N6O13S4/c1-6-49-34-19-17-30-32(24-28(64(52,53)54)26-36(30)66(58,59)60)41(34)43(2,3)38(49)14-9-7-10-15-39-44(4,5)42-33-25-29(65(55,56)57)27-37(67(61,62)63)31(33)18-20-35(42)50(39)23-12-8-11-16-40(51)46-21-13-22-47-48-45/h7,9-10,14-15,17-20,24-27,39H,6,8,11-13,16,21-23H2,1-5H3,(H,46,51)(H,52,53,54)(H,55,56,57)(H,58,59,60)(H,61,62,63)/b9-7+,15-10+,38-14+. The minimum Gasteiger partial charge on any atom is -0.364 e. The molecule has 0 aliphatic carbocycles. The Balaban J connectivity index is 1.36. The molecule has 0 fully saturated rings. The molecule has 0 spiro atoms. The molecule has 0 aromatic heterocycles. The first-order valence-corrected chi connectivity index (χ1v) is 26.9. The lowest BCUT2D eigenvalue weighted by Crippen LogP contribution is -2.40. The van der Waals surface area contributed by atoms with E-state index in [9.17, 15) is 56.7 Å². The van der Waals surface area contributed by atoms with Crippen LogP contribution in [-0.2, 0) is 56.1 Å². The van der Waals surface area contributed by atoms with Crippen LogP contribution in [0.2, 0.25) is 0 Å². The van der Waals surface area contributed by atoms with Crippen LogP contribution in [0.15, 0.2) is 109 Å². The number of rotatable bonds is 18. The minimum absolute atomic E-state index is 0.0557. The zero-order valence-corrected chi connectivity index (χ0v) is 40.5. The predicted molar refractivity (Wildman–Crippen MR) is 254 cm³/mol. The average molecular weight is 1000 g/mol. The Kier molecular flexibility index (Phi) is 14.4. The van der Waals surface area contributed by atoms with E-state index in [2.05, 4.69) is 20.2 Å². The summed E-state index contributed by atoms with van der Waals surface area (Å²) < 4.78 is 140. The van der Waals surface area contributed by atoms with Crippen LogP contribution in [0.1, 0.15) is 77.8 Å². The second-order valence-electron chi connectivity index (χ2n) is 17.4. The first kappa shape index (κ1) is 51.0. The smallest absolute Gasteiger partial charge is 0.295 e. The Hall–Kier alpha value is -5.36. The Morgan fingerprint density at radius 1 is 0.731 bits per heavy atom. The molecule has 0 saturated carbocycles. The maximum absolute atomic E-state index is 12.6. The molecule has 6 rings (SSSR count). The number of anilines is 2. The number of carbonyl (C=O) groups is 1. The summed E-state index contributed by atoms with van der Waals surface area (Å²) in [6.45, 7) is 11.1. The van der Waals surface area contributed by atoms with Crippen molar-refractivity contribution in [3.63, 3.8) is 0 Å². The van der Waals surface area contributed by atoms with Gasteiger partial charge in [-0.25, -0.2) is 0 Å². The number of nitrogens with zero attached hydrogens (tertiary/aromatic N) is 5.